The van der Waals surface area contributed by atoms with Crippen molar-refractivity contribution in [2.24, 2.45) is 0 Å². The second-order valence-corrected chi connectivity index (χ2v) is 5.23. The lowest BCUT2D eigenvalue weighted by Gasteiger charge is -2.14. The summed E-state index contributed by atoms with van der Waals surface area (Å²) in [4.78, 5) is 2.16. The maximum atomic E-state index is 12.5. The summed E-state index contributed by atoms with van der Waals surface area (Å²) in [6.07, 6.45) is 5.97. The van der Waals surface area contributed by atoms with Gasteiger partial charge in [-0.1, -0.05) is 56.0 Å². The number of ether oxygens (including phenoxy) is 1. The van der Waals surface area contributed by atoms with Crippen LogP contribution in [0, 0.1) is 0 Å². The molecule has 20 heavy (non-hydrogen) atoms. The lowest BCUT2D eigenvalue weighted by molar-refractivity contribution is -0.0500. The predicted molar refractivity (Wildman–Crippen MR) is 83.0 cm³/mol. The maximum Gasteiger partial charge on any atom is 0.387 e. The van der Waals surface area contributed by atoms with Crippen molar-refractivity contribution in [2.75, 3.05) is 0 Å². The van der Waals surface area contributed by atoms with E-state index in [1.165, 1.54) is 4.91 Å². The molecule has 0 aliphatic rings. The third-order valence-electron chi connectivity index (χ3n) is 2.65. The standard InChI is InChI=1S/C16H20F2OS/c1-4-9-12(5-2)20-15(6-3)13-10-7-8-11-14(13)19-16(17)18/h6-11,16H,4-5H2,1-3H3/b12-9-,15-6-. The van der Waals surface area contributed by atoms with E-state index in [1.807, 2.05) is 19.1 Å². The van der Waals surface area contributed by atoms with Crippen molar-refractivity contribution >= 4 is 16.7 Å². The van der Waals surface area contributed by atoms with Crippen LogP contribution in [0.15, 0.2) is 41.3 Å². The molecule has 0 fully saturated rings. The van der Waals surface area contributed by atoms with E-state index in [2.05, 4.69) is 24.7 Å². The average Bonchev–Trinajstić information content (AvgIpc) is 2.44. The quantitative estimate of drug-likeness (QED) is 0.602. The highest BCUT2D eigenvalue weighted by Gasteiger charge is 2.13. The van der Waals surface area contributed by atoms with Crippen molar-refractivity contribution in [1.29, 1.82) is 0 Å². The van der Waals surface area contributed by atoms with Crippen LogP contribution in [0.5, 0.6) is 5.75 Å². The Labute approximate surface area is 123 Å². The van der Waals surface area contributed by atoms with E-state index >= 15 is 0 Å². The number of alkyl halides is 2. The molecule has 110 valence electrons. The molecule has 0 atom stereocenters. The molecule has 0 heterocycles. The molecular weight excluding hydrogens is 278 g/mol. The minimum absolute atomic E-state index is 0.218. The number of para-hydroxylation sites is 1. The molecule has 1 rings (SSSR count). The second kappa shape index (κ2) is 8.80. The highest BCUT2D eigenvalue weighted by atomic mass is 32.2. The first-order valence-corrected chi connectivity index (χ1v) is 7.51. The van der Waals surface area contributed by atoms with Gasteiger partial charge >= 0.3 is 6.61 Å². The lowest BCUT2D eigenvalue weighted by atomic mass is 10.2. The van der Waals surface area contributed by atoms with Crippen molar-refractivity contribution in [3.8, 4) is 5.75 Å². The number of benzene rings is 1. The minimum Gasteiger partial charge on any atom is -0.434 e. The molecule has 0 radical (unpaired) electrons. The Morgan fingerprint density at radius 1 is 1.30 bits per heavy atom. The predicted octanol–water partition coefficient (Wildman–Crippen LogP) is 6.09. The largest absolute Gasteiger partial charge is 0.434 e. The van der Waals surface area contributed by atoms with E-state index in [1.54, 1.807) is 30.0 Å². The van der Waals surface area contributed by atoms with Gasteiger partial charge < -0.3 is 4.74 Å². The Hall–Kier alpha value is -1.29. The molecule has 0 aliphatic heterocycles. The summed E-state index contributed by atoms with van der Waals surface area (Å²) in [5, 5.41) is 0. The van der Waals surface area contributed by atoms with Crippen LogP contribution in [0.3, 0.4) is 0 Å². The number of hydrogen-bond donors (Lipinski definition) is 0. The van der Waals surface area contributed by atoms with Crippen LogP contribution in [0.4, 0.5) is 8.78 Å². The zero-order valence-electron chi connectivity index (χ0n) is 12.0. The molecule has 0 aromatic heterocycles. The van der Waals surface area contributed by atoms with E-state index in [-0.39, 0.29) is 5.75 Å². The molecule has 1 nitrogen and oxygen atoms in total. The summed E-state index contributed by atoms with van der Waals surface area (Å²) in [6, 6.07) is 6.90. The van der Waals surface area contributed by atoms with Crippen LogP contribution in [0.2, 0.25) is 0 Å². The first-order chi connectivity index (χ1) is 9.62. The van der Waals surface area contributed by atoms with Gasteiger partial charge in [0.1, 0.15) is 5.75 Å². The van der Waals surface area contributed by atoms with Crippen LogP contribution in [0.1, 0.15) is 39.2 Å². The molecule has 0 saturated heterocycles. The van der Waals surface area contributed by atoms with Gasteiger partial charge in [0.25, 0.3) is 0 Å². The SMILES string of the molecule is C/C=C(\S/C(=C\CC)CC)c1ccccc1OC(F)F. The molecule has 0 N–H and O–H groups in total. The molecule has 0 amide bonds. The van der Waals surface area contributed by atoms with Gasteiger partial charge in [0, 0.05) is 10.5 Å². The number of allylic oxidation sites excluding steroid dienone is 3. The minimum atomic E-state index is -2.81. The fourth-order valence-electron chi connectivity index (χ4n) is 1.77. The van der Waals surface area contributed by atoms with Crippen LogP contribution in [-0.4, -0.2) is 6.61 Å². The average molecular weight is 298 g/mol. The number of thioether (sulfide) groups is 1. The van der Waals surface area contributed by atoms with E-state index in [4.69, 9.17) is 0 Å². The summed E-state index contributed by atoms with van der Waals surface area (Å²) < 4.78 is 29.5. The third kappa shape index (κ3) is 5.00. The van der Waals surface area contributed by atoms with Crippen molar-refractivity contribution in [3.05, 3.63) is 46.9 Å². The number of hydrogen-bond acceptors (Lipinski definition) is 2. The summed E-state index contributed by atoms with van der Waals surface area (Å²) in [7, 11) is 0. The van der Waals surface area contributed by atoms with Crippen molar-refractivity contribution < 1.29 is 13.5 Å². The zero-order valence-corrected chi connectivity index (χ0v) is 12.8. The molecule has 0 unspecified atom stereocenters. The molecule has 0 bridgehead atoms. The summed E-state index contributed by atoms with van der Waals surface area (Å²) in [5.74, 6) is 0.218. The van der Waals surface area contributed by atoms with E-state index in [0.29, 0.717) is 5.56 Å². The van der Waals surface area contributed by atoms with E-state index < -0.39 is 6.61 Å². The number of halogens is 2. The van der Waals surface area contributed by atoms with Gasteiger partial charge in [-0.25, -0.2) is 0 Å². The molecule has 4 heteroatoms. The first-order valence-electron chi connectivity index (χ1n) is 6.69. The molecule has 0 saturated carbocycles. The molecule has 1 aromatic carbocycles. The summed E-state index contributed by atoms with van der Waals surface area (Å²) in [6.45, 7) is 3.26. The maximum absolute atomic E-state index is 12.5. The van der Waals surface area contributed by atoms with Gasteiger partial charge in [-0.3, -0.25) is 0 Å². The van der Waals surface area contributed by atoms with E-state index in [0.717, 1.165) is 17.7 Å². The fourth-order valence-corrected chi connectivity index (χ4v) is 2.84. The fraction of sp³-hybridized carbons (Fsp3) is 0.375. The molecule has 0 spiro atoms. The van der Waals surface area contributed by atoms with Gasteiger partial charge in [0.05, 0.1) is 0 Å². The van der Waals surface area contributed by atoms with Crippen molar-refractivity contribution in [1.82, 2.24) is 0 Å². The summed E-state index contributed by atoms with van der Waals surface area (Å²) in [5.41, 5.74) is 0.704. The molecule has 1 aromatic rings. The van der Waals surface area contributed by atoms with Gasteiger partial charge in [0.2, 0.25) is 0 Å². The van der Waals surface area contributed by atoms with Gasteiger partial charge in [0.15, 0.2) is 0 Å². The summed E-state index contributed by atoms with van der Waals surface area (Å²) >= 11 is 1.61. The van der Waals surface area contributed by atoms with Gasteiger partial charge in [-0.05, 0) is 30.7 Å². The number of rotatable bonds is 7. The van der Waals surface area contributed by atoms with Gasteiger partial charge in [-0.15, -0.1) is 0 Å². The van der Waals surface area contributed by atoms with Crippen molar-refractivity contribution in [3.63, 3.8) is 0 Å². The van der Waals surface area contributed by atoms with Gasteiger partial charge in [-0.2, -0.15) is 8.78 Å². The zero-order chi connectivity index (χ0) is 15.0. The normalized spacial score (nSPS) is 12.9. The highest BCUT2D eigenvalue weighted by molar-refractivity contribution is 8.11. The van der Waals surface area contributed by atoms with Crippen LogP contribution >= 0.6 is 11.8 Å². The Bertz CT molecular complexity index is 481. The first kappa shape index (κ1) is 16.8. The Morgan fingerprint density at radius 2 is 2.00 bits per heavy atom. The van der Waals surface area contributed by atoms with Crippen LogP contribution in [-0.2, 0) is 0 Å². The molecular formula is C16H20F2OS. The Balaban J connectivity index is 3.04. The van der Waals surface area contributed by atoms with Crippen LogP contribution < -0.4 is 4.74 Å². The van der Waals surface area contributed by atoms with Crippen molar-refractivity contribution in [2.45, 2.75) is 40.2 Å². The lowest BCUT2D eigenvalue weighted by Crippen LogP contribution is -2.03. The smallest absolute Gasteiger partial charge is 0.387 e. The Kier molecular flexibility index (Phi) is 7.37. The topological polar surface area (TPSA) is 9.23 Å². The Morgan fingerprint density at radius 3 is 2.55 bits per heavy atom. The molecule has 0 aliphatic carbocycles. The van der Waals surface area contributed by atoms with Crippen LogP contribution in [0.25, 0.3) is 4.91 Å². The monoisotopic (exact) mass is 298 g/mol. The highest BCUT2D eigenvalue weighted by Crippen LogP contribution is 2.39. The van der Waals surface area contributed by atoms with E-state index in [9.17, 15) is 8.78 Å². The third-order valence-corrected chi connectivity index (χ3v) is 4.05. The second-order valence-electron chi connectivity index (χ2n) is 4.06.